The Balaban J connectivity index is 1.72. The molecule has 0 spiro atoms. The van der Waals surface area contributed by atoms with Gasteiger partial charge in [-0.2, -0.15) is 5.10 Å². The Morgan fingerprint density at radius 1 is 1.26 bits per heavy atom. The largest absolute Gasteiger partial charge is 0.460 e. The molecule has 0 fully saturated rings. The van der Waals surface area contributed by atoms with E-state index in [1.807, 2.05) is 31.2 Å². The number of aromatic amines is 1. The molecule has 0 atom stereocenters. The molecule has 118 valence electrons. The van der Waals surface area contributed by atoms with Crippen LogP contribution in [0.15, 0.2) is 46.9 Å². The van der Waals surface area contributed by atoms with Crippen molar-refractivity contribution in [2.45, 2.75) is 13.5 Å². The fraction of sp³-hybridized carbons (Fsp3) is 0.176. The number of rotatable bonds is 4. The van der Waals surface area contributed by atoms with Gasteiger partial charge in [0.2, 0.25) is 0 Å². The number of nitrogens with zero attached hydrogens (tertiary/aromatic N) is 2. The van der Waals surface area contributed by atoms with Crippen molar-refractivity contribution in [1.82, 2.24) is 15.1 Å². The number of H-pyrrole nitrogens is 1. The molecule has 0 aliphatic carbocycles. The van der Waals surface area contributed by atoms with Crippen molar-refractivity contribution in [2.75, 3.05) is 7.05 Å². The minimum absolute atomic E-state index is 0.161. The van der Waals surface area contributed by atoms with Crippen molar-refractivity contribution >= 4 is 17.5 Å². The molecule has 6 heteroatoms. The smallest absolute Gasteiger partial charge is 0.274 e. The fourth-order valence-corrected chi connectivity index (χ4v) is 2.39. The van der Waals surface area contributed by atoms with Gasteiger partial charge in [-0.3, -0.25) is 9.89 Å². The van der Waals surface area contributed by atoms with Gasteiger partial charge in [0.05, 0.1) is 0 Å². The number of aryl methyl sites for hydroxylation is 1. The number of halogens is 1. The highest BCUT2D eigenvalue weighted by Gasteiger charge is 2.17. The average Bonchev–Trinajstić information content (AvgIpc) is 3.17. The molecule has 0 bridgehead atoms. The molecule has 3 rings (SSSR count). The third kappa shape index (κ3) is 3.46. The van der Waals surface area contributed by atoms with Gasteiger partial charge < -0.3 is 9.32 Å². The van der Waals surface area contributed by atoms with Gasteiger partial charge in [-0.25, -0.2) is 0 Å². The predicted molar refractivity (Wildman–Crippen MR) is 88.3 cm³/mol. The Morgan fingerprint density at radius 3 is 2.65 bits per heavy atom. The first-order valence-corrected chi connectivity index (χ1v) is 7.53. The van der Waals surface area contributed by atoms with E-state index in [0.29, 0.717) is 28.7 Å². The first-order valence-electron chi connectivity index (χ1n) is 7.15. The number of amides is 1. The summed E-state index contributed by atoms with van der Waals surface area (Å²) >= 11 is 5.87. The summed E-state index contributed by atoms with van der Waals surface area (Å²) in [4.78, 5) is 14.1. The molecule has 5 nitrogen and oxygen atoms in total. The summed E-state index contributed by atoms with van der Waals surface area (Å²) < 4.78 is 5.52. The van der Waals surface area contributed by atoms with Crippen LogP contribution in [0.25, 0.3) is 11.5 Å². The van der Waals surface area contributed by atoms with Crippen LogP contribution in [-0.4, -0.2) is 28.1 Å². The van der Waals surface area contributed by atoms with E-state index < -0.39 is 0 Å². The van der Waals surface area contributed by atoms with Gasteiger partial charge in [-0.15, -0.1) is 0 Å². The van der Waals surface area contributed by atoms with Crippen LogP contribution in [0.2, 0.25) is 5.02 Å². The van der Waals surface area contributed by atoms with Gasteiger partial charge in [0, 0.05) is 24.7 Å². The molecule has 0 saturated heterocycles. The molecular formula is C17H16ClN3O2. The number of benzene rings is 1. The number of carbonyl (C=O) groups is 1. The maximum Gasteiger partial charge on any atom is 0.274 e. The van der Waals surface area contributed by atoms with E-state index in [0.717, 1.165) is 11.3 Å². The summed E-state index contributed by atoms with van der Waals surface area (Å²) in [6.07, 6.45) is 0. The van der Waals surface area contributed by atoms with Crippen LogP contribution in [0.1, 0.15) is 21.8 Å². The van der Waals surface area contributed by atoms with Crippen molar-refractivity contribution in [1.29, 1.82) is 0 Å². The van der Waals surface area contributed by atoms with E-state index in [-0.39, 0.29) is 5.91 Å². The fourth-order valence-electron chi connectivity index (χ4n) is 2.27. The Bertz CT molecular complexity index is 820. The van der Waals surface area contributed by atoms with Crippen LogP contribution in [0.5, 0.6) is 0 Å². The number of aromatic nitrogens is 2. The third-order valence-electron chi connectivity index (χ3n) is 3.48. The van der Waals surface area contributed by atoms with E-state index in [2.05, 4.69) is 10.2 Å². The average molecular weight is 330 g/mol. The van der Waals surface area contributed by atoms with E-state index in [1.54, 1.807) is 30.1 Å². The highest BCUT2D eigenvalue weighted by Crippen LogP contribution is 2.21. The molecule has 2 aromatic heterocycles. The molecule has 0 radical (unpaired) electrons. The minimum atomic E-state index is -0.161. The van der Waals surface area contributed by atoms with Gasteiger partial charge >= 0.3 is 0 Å². The summed E-state index contributed by atoms with van der Waals surface area (Å²) in [5, 5.41) is 7.59. The molecule has 3 aromatic rings. The second-order valence-corrected chi connectivity index (χ2v) is 5.80. The molecule has 0 unspecified atom stereocenters. The van der Waals surface area contributed by atoms with Crippen LogP contribution in [-0.2, 0) is 6.54 Å². The quantitative estimate of drug-likeness (QED) is 0.789. The van der Waals surface area contributed by atoms with E-state index in [9.17, 15) is 4.79 Å². The lowest BCUT2D eigenvalue weighted by Crippen LogP contribution is -2.26. The molecule has 1 amide bonds. The molecule has 0 saturated carbocycles. The van der Waals surface area contributed by atoms with Gasteiger partial charge in [0.1, 0.15) is 11.5 Å². The zero-order valence-electron chi connectivity index (χ0n) is 12.8. The number of nitrogens with one attached hydrogen (secondary N) is 1. The first-order chi connectivity index (χ1) is 11.0. The minimum Gasteiger partial charge on any atom is -0.460 e. The summed E-state index contributed by atoms with van der Waals surface area (Å²) in [5.74, 6) is 1.31. The summed E-state index contributed by atoms with van der Waals surface area (Å²) in [6, 6.07) is 12.8. The van der Waals surface area contributed by atoms with E-state index >= 15 is 0 Å². The molecule has 23 heavy (non-hydrogen) atoms. The van der Waals surface area contributed by atoms with Gasteiger partial charge in [0.15, 0.2) is 11.5 Å². The molecular weight excluding hydrogens is 314 g/mol. The topological polar surface area (TPSA) is 62.1 Å². The summed E-state index contributed by atoms with van der Waals surface area (Å²) in [7, 11) is 1.74. The summed E-state index contributed by atoms with van der Waals surface area (Å²) in [5.41, 5.74) is 2.04. The molecule has 0 aliphatic rings. The zero-order chi connectivity index (χ0) is 16.4. The molecule has 1 aromatic carbocycles. The lowest BCUT2D eigenvalue weighted by Gasteiger charge is -2.15. The lowest BCUT2D eigenvalue weighted by molar-refractivity contribution is 0.0779. The van der Waals surface area contributed by atoms with Crippen LogP contribution in [0.3, 0.4) is 0 Å². The van der Waals surface area contributed by atoms with Crippen LogP contribution < -0.4 is 0 Å². The standard InChI is InChI=1S/C17H16ClN3O2/c1-11-3-8-16(23-11)14-9-15(20-19-14)17(22)21(2)10-12-4-6-13(18)7-5-12/h3-9H,10H2,1-2H3,(H,19,20). The molecule has 1 N–H and O–H groups in total. The third-order valence-corrected chi connectivity index (χ3v) is 3.73. The predicted octanol–water partition coefficient (Wildman–Crippen LogP) is 3.90. The monoisotopic (exact) mass is 329 g/mol. The zero-order valence-corrected chi connectivity index (χ0v) is 13.6. The number of hydrogen-bond donors (Lipinski definition) is 1. The highest BCUT2D eigenvalue weighted by molar-refractivity contribution is 6.30. The van der Waals surface area contributed by atoms with Crippen molar-refractivity contribution < 1.29 is 9.21 Å². The van der Waals surface area contributed by atoms with E-state index in [1.165, 1.54) is 0 Å². The number of carbonyl (C=O) groups excluding carboxylic acids is 1. The Hall–Kier alpha value is -2.53. The van der Waals surface area contributed by atoms with Crippen LogP contribution in [0, 0.1) is 6.92 Å². The summed E-state index contributed by atoms with van der Waals surface area (Å²) in [6.45, 7) is 2.35. The maximum atomic E-state index is 12.5. The second-order valence-electron chi connectivity index (χ2n) is 5.36. The Kier molecular flexibility index (Phi) is 4.21. The SMILES string of the molecule is Cc1ccc(-c2cc(C(=O)N(C)Cc3ccc(Cl)cc3)n[nH]2)o1. The highest BCUT2D eigenvalue weighted by atomic mass is 35.5. The molecule has 2 heterocycles. The molecule has 0 aliphatic heterocycles. The second kappa shape index (κ2) is 6.30. The van der Waals surface area contributed by atoms with Gasteiger partial charge in [0.25, 0.3) is 5.91 Å². The van der Waals surface area contributed by atoms with Crippen molar-refractivity contribution in [3.8, 4) is 11.5 Å². The van der Waals surface area contributed by atoms with Crippen LogP contribution in [0.4, 0.5) is 0 Å². The Labute approximate surface area is 138 Å². The maximum absolute atomic E-state index is 12.5. The van der Waals surface area contributed by atoms with Crippen LogP contribution >= 0.6 is 11.6 Å². The Morgan fingerprint density at radius 2 is 2.00 bits per heavy atom. The van der Waals surface area contributed by atoms with E-state index in [4.69, 9.17) is 16.0 Å². The van der Waals surface area contributed by atoms with Crippen molar-refractivity contribution in [2.24, 2.45) is 0 Å². The van der Waals surface area contributed by atoms with Gasteiger partial charge in [-0.1, -0.05) is 23.7 Å². The van der Waals surface area contributed by atoms with Crippen molar-refractivity contribution in [3.05, 3.63) is 64.5 Å². The van der Waals surface area contributed by atoms with Crippen molar-refractivity contribution in [3.63, 3.8) is 0 Å². The normalized spacial score (nSPS) is 10.7. The van der Waals surface area contributed by atoms with Gasteiger partial charge in [-0.05, 0) is 36.8 Å². The number of furan rings is 1. The lowest BCUT2D eigenvalue weighted by atomic mass is 10.2. The first kappa shape index (κ1) is 15.4. The number of hydrogen-bond acceptors (Lipinski definition) is 3.